The molecule has 3 aromatic rings. The lowest BCUT2D eigenvalue weighted by Crippen LogP contribution is -2.48. The van der Waals surface area contributed by atoms with Crippen LogP contribution < -0.4 is 0 Å². The Morgan fingerprint density at radius 1 is 1.02 bits per heavy atom. The molecule has 0 saturated carbocycles. The third-order valence-electron chi connectivity index (χ3n) is 7.64. The molecule has 2 aliphatic rings. The topological polar surface area (TPSA) is 112 Å². The van der Waals surface area contributed by atoms with Gasteiger partial charge < -0.3 is 24.5 Å². The molecule has 0 bridgehead atoms. The summed E-state index contributed by atoms with van der Waals surface area (Å²) in [5.41, 5.74) is 4.58. The molecule has 5 rings (SSSR count). The molecule has 2 heterocycles. The van der Waals surface area contributed by atoms with E-state index in [9.17, 15) is 19.5 Å². The summed E-state index contributed by atoms with van der Waals surface area (Å²) in [6.07, 6.45) is 2.98. The molecule has 0 radical (unpaired) electrons. The summed E-state index contributed by atoms with van der Waals surface area (Å²) in [4.78, 5) is 44.3. The van der Waals surface area contributed by atoms with Crippen molar-refractivity contribution in [3.05, 3.63) is 83.2 Å². The molecule has 41 heavy (non-hydrogen) atoms. The highest BCUT2D eigenvalue weighted by Crippen LogP contribution is 2.44. The number of likely N-dealkylation sites (tertiary alicyclic amines) is 1. The zero-order chi connectivity index (χ0) is 29.1. The normalized spacial score (nSPS) is 16.9. The number of hydrogen-bond acceptors (Lipinski definition) is 5. The van der Waals surface area contributed by atoms with Gasteiger partial charge in [0.1, 0.15) is 17.9 Å². The van der Waals surface area contributed by atoms with Gasteiger partial charge in [0.05, 0.1) is 12.6 Å². The quantitative estimate of drug-likeness (QED) is 0.369. The highest BCUT2D eigenvalue weighted by Gasteiger charge is 2.34. The zero-order valence-corrected chi connectivity index (χ0v) is 23.8. The molecule has 2 N–H and O–H groups in total. The molecule has 2 aromatic carbocycles. The second-order valence-electron chi connectivity index (χ2n) is 11.7. The van der Waals surface area contributed by atoms with Crippen LogP contribution in [0.15, 0.2) is 60.8 Å². The number of H-pyrrole nitrogens is 1. The number of carbonyl (C=O) groups is 3. The van der Waals surface area contributed by atoms with Crippen LogP contribution in [0.1, 0.15) is 73.1 Å². The summed E-state index contributed by atoms with van der Waals surface area (Å²) in [6.45, 7) is 6.64. The van der Waals surface area contributed by atoms with Gasteiger partial charge in [0.15, 0.2) is 0 Å². The minimum atomic E-state index is -1.07. The number of aromatic amines is 1. The van der Waals surface area contributed by atoms with E-state index < -0.39 is 23.8 Å². The lowest BCUT2D eigenvalue weighted by Gasteiger charge is -2.34. The highest BCUT2D eigenvalue weighted by molar-refractivity contribution is 5.85. The first-order valence-corrected chi connectivity index (χ1v) is 14.1. The molecule has 1 fully saturated rings. The number of aromatic carboxylic acids is 1. The van der Waals surface area contributed by atoms with E-state index in [-0.39, 0.29) is 30.8 Å². The first-order valence-electron chi connectivity index (χ1n) is 14.1. The number of aromatic nitrogens is 1. The van der Waals surface area contributed by atoms with Crippen LogP contribution in [-0.2, 0) is 16.0 Å². The molecule has 1 aliphatic heterocycles. The van der Waals surface area contributed by atoms with Crippen LogP contribution in [0, 0.1) is 0 Å². The third kappa shape index (κ3) is 6.39. The van der Waals surface area contributed by atoms with Gasteiger partial charge in [0.2, 0.25) is 0 Å². The summed E-state index contributed by atoms with van der Waals surface area (Å²) < 4.78 is 11.7. The van der Waals surface area contributed by atoms with Crippen LogP contribution in [0.5, 0.6) is 0 Å². The smallest absolute Gasteiger partial charge is 0.410 e. The SMILES string of the molecule is CC(C)(C)OC(=O)N1CCCCC(N(Cc2c[nH]c(C(=O)O)c2)C(=O)OCC2c3ccccc3-c3ccccc32)C1. The van der Waals surface area contributed by atoms with Gasteiger partial charge in [-0.1, -0.05) is 48.5 Å². The number of hydrogen-bond donors (Lipinski definition) is 2. The molecule has 1 aliphatic carbocycles. The van der Waals surface area contributed by atoms with Gasteiger partial charge in [-0.05, 0) is 73.9 Å². The van der Waals surface area contributed by atoms with Crippen molar-refractivity contribution in [3.63, 3.8) is 0 Å². The largest absolute Gasteiger partial charge is 0.477 e. The van der Waals surface area contributed by atoms with Gasteiger partial charge in [-0.15, -0.1) is 0 Å². The first-order chi connectivity index (χ1) is 19.6. The summed E-state index contributed by atoms with van der Waals surface area (Å²) >= 11 is 0. The summed E-state index contributed by atoms with van der Waals surface area (Å²) in [5.74, 6) is -1.17. The highest BCUT2D eigenvalue weighted by atomic mass is 16.6. The number of carboxylic acid groups (broad SMARTS) is 1. The monoisotopic (exact) mass is 559 g/mol. The van der Waals surface area contributed by atoms with Crippen LogP contribution in [0.4, 0.5) is 9.59 Å². The first kappa shape index (κ1) is 28.3. The van der Waals surface area contributed by atoms with Crippen LogP contribution >= 0.6 is 0 Å². The van der Waals surface area contributed by atoms with Crippen LogP contribution in [-0.4, -0.2) is 69.4 Å². The van der Waals surface area contributed by atoms with E-state index >= 15 is 0 Å². The number of carbonyl (C=O) groups excluding carboxylic acids is 2. The van der Waals surface area contributed by atoms with Crippen LogP contribution in [0.25, 0.3) is 11.1 Å². The molecule has 1 atom stereocenters. The van der Waals surface area contributed by atoms with Gasteiger partial charge in [0, 0.05) is 25.2 Å². The summed E-state index contributed by atoms with van der Waals surface area (Å²) in [6, 6.07) is 17.5. The van der Waals surface area contributed by atoms with Gasteiger partial charge in [-0.25, -0.2) is 14.4 Å². The van der Waals surface area contributed by atoms with Crippen molar-refractivity contribution in [2.45, 2.75) is 64.1 Å². The second kappa shape index (κ2) is 11.7. The molecular formula is C32H37N3O6. The van der Waals surface area contributed by atoms with Gasteiger partial charge >= 0.3 is 18.2 Å². The Bertz CT molecular complexity index is 1380. The number of rotatable bonds is 6. The van der Waals surface area contributed by atoms with E-state index in [1.165, 1.54) is 6.07 Å². The maximum atomic E-state index is 13.8. The fraction of sp³-hybridized carbons (Fsp3) is 0.406. The molecule has 9 nitrogen and oxygen atoms in total. The standard InChI is InChI=1S/C32H37N3O6/c1-32(2,3)41-30(38)34-15-9-8-10-22(19-34)35(18-21-16-28(29(36)37)33-17-21)31(39)40-20-27-25-13-6-4-11-23(25)24-12-5-7-14-26(24)27/h4-7,11-14,16-17,22,27,33H,8-10,15,18-20H2,1-3H3,(H,36,37). The maximum Gasteiger partial charge on any atom is 0.410 e. The molecular weight excluding hydrogens is 522 g/mol. The van der Waals surface area contributed by atoms with E-state index in [0.717, 1.165) is 35.1 Å². The predicted molar refractivity (Wildman–Crippen MR) is 154 cm³/mol. The molecule has 1 saturated heterocycles. The van der Waals surface area contributed by atoms with E-state index in [1.54, 1.807) is 16.0 Å². The summed E-state index contributed by atoms with van der Waals surface area (Å²) in [5, 5.41) is 9.39. The number of benzene rings is 2. The lowest BCUT2D eigenvalue weighted by atomic mass is 9.98. The van der Waals surface area contributed by atoms with Crippen LogP contribution in [0.3, 0.4) is 0 Å². The Morgan fingerprint density at radius 3 is 2.29 bits per heavy atom. The Morgan fingerprint density at radius 2 is 1.68 bits per heavy atom. The minimum absolute atomic E-state index is 0.0451. The van der Waals surface area contributed by atoms with E-state index in [0.29, 0.717) is 25.1 Å². The fourth-order valence-corrected chi connectivity index (χ4v) is 5.74. The average Bonchev–Trinajstić information content (AvgIpc) is 3.44. The second-order valence-corrected chi connectivity index (χ2v) is 11.7. The number of amides is 2. The zero-order valence-electron chi connectivity index (χ0n) is 23.8. The van der Waals surface area contributed by atoms with E-state index in [4.69, 9.17) is 9.47 Å². The Hall–Kier alpha value is -4.27. The average molecular weight is 560 g/mol. The number of ether oxygens (including phenoxy) is 2. The molecule has 9 heteroatoms. The van der Waals surface area contributed by atoms with Crippen molar-refractivity contribution in [1.29, 1.82) is 0 Å². The Kier molecular flexibility index (Phi) is 8.06. The third-order valence-corrected chi connectivity index (χ3v) is 7.64. The number of nitrogens with one attached hydrogen (secondary N) is 1. The molecule has 216 valence electrons. The number of fused-ring (bicyclic) bond motifs is 3. The van der Waals surface area contributed by atoms with E-state index in [2.05, 4.69) is 29.2 Å². The van der Waals surface area contributed by atoms with E-state index in [1.807, 2.05) is 45.0 Å². The summed E-state index contributed by atoms with van der Waals surface area (Å²) in [7, 11) is 0. The molecule has 2 amide bonds. The Labute approximate surface area is 240 Å². The van der Waals surface area contributed by atoms with Crippen LogP contribution in [0.2, 0.25) is 0 Å². The number of nitrogens with zero attached hydrogens (tertiary/aromatic N) is 2. The van der Waals surface area contributed by atoms with Gasteiger partial charge in [-0.3, -0.25) is 4.90 Å². The van der Waals surface area contributed by atoms with Crippen molar-refractivity contribution < 1.29 is 29.0 Å². The van der Waals surface area contributed by atoms with Crippen molar-refractivity contribution in [3.8, 4) is 11.1 Å². The van der Waals surface area contributed by atoms with Crippen molar-refractivity contribution in [2.24, 2.45) is 0 Å². The maximum absolute atomic E-state index is 13.8. The Balaban J connectivity index is 1.38. The van der Waals surface area contributed by atoms with Gasteiger partial charge in [0.25, 0.3) is 0 Å². The van der Waals surface area contributed by atoms with Crippen molar-refractivity contribution in [1.82, 2.24) is 14.8 Å². The van der Waals surface area contributed by atoms with Gasteiger partial charge in [-0.2, -0.15) is 0 Å². The molecule has 1 aromatic heterocycles. The van der Waals surface area contributed by atoms with Crippen molar-refractivity contribution in [2.75, 3.05) is 19.7 Å². The molecule has 0 spiro atoms. The number of carboxylic acids is 1. The molecule has 1 unspecified atom stereocenters. The minimum Gasteiger partial charge on any atom is -0.477 e. The van der Waals surface area contributed by atoms with Crippen molar-refractivity contribution >= 4 is 18.2 Å². The predicted octanol–water partition coefficient (Wildman–Crippen LogP) is 6.25. The lowest BCUT2D eigenvalue weighted by molar-refractivity contribution is 0.0187. The fourth-order valence-electron chi connectivity index (χ4n) is 5.74.